The van der Waals surface area contributed by atoms with E-state index >= 15 is 0 Å². The maximum absolute atomic E-state index is 12.1. The minimum Gasteiger partial charge on any atom is -0.482 e. The summed E-state index contributed by atoms with van der Waals surface area (Å²) >= 11 is 17.8. The largest absolute Gasteiger partial charge is 0.482 e. The molecule has 0 fully saturated rings. The van der Waals surface area contributed by atoms with Gasteiger partial charge in [-0.1, -0.05) is 54.7 Å². The number of hydrogen-bond donors (Lipinski definition) is 2. The lowest BCUT2D eigenvalue weighted by Gasteiger charge is -2.11. The van der Waals surface area contributed by atoms with E-state index in [0.717, 1.165) is 0 Å². The van der Waals surface area contributed by atoms with Gasteiger partial charge in [-0.3, -0.25) is 9.59 Å². The van der Waals surface area contributed by atoms with Crippen molar-refractivity contribution in [1.29, 1.82) is 0 Å². The molecule has 0 aromatic heterocycles. The normalized spacial score (nSPS) is 10.5. The third kappa shape index (κ3) is 5.80. The molecule has 138 valence electrons. The molecule has 0 saturated heterocycles. The Bertz CT molecular complexity index is 825. The molecule has 26 heavy (non-hydrogen) atoms. The molecule has 0 unspecified atom stereocenters. The summed E-state index contributed by atoms with van der Waals surface area (Å²) in [6, 6.07) is 9.71. The molecule has 0 saturated carbocycles. The van der Waals surface area contributed by atoms with Crippen LogP contribution in [0, 0.1) is 5.92 Å². The fraction of sp³-hybridized carbons (Fsp3) is 0.222. The Balaban J connectivity index is 1.96. The van der Waals surface area contributed by atoms with Gasteiger partial charge in [0.1, 0.15) is 5.75 Å². The number of carbonyl (C=O) groups is 2. The molecule has 5 nitrogen and oxygen atoms in total. The van der Waals surface area contributed by atoms with Crippen LogP contribution in [0.4, 0.5) is 11.4 Å². The number of carbonyl (C=O) groups excluding carboxylic acids is 2. The van der Waals surface area contributed by atoms with Crippen molar-refractivity contribution in [1.82, 2.24) is 0 Å². The number of ether oxygens (including phenoxy) is 1. The van der Waals surface area contributed by atoms with Gasteiger partial charge in [-0.15, -0.1) is 0 Å². The number of anilines is 2. The van der Waals surface area contributed by atoms with Gasteiger partial charge in [0.25, 0.3) is 5.91 Å². The monoisotopic (exact) mass is 414 g/mol. The van der Waals surface area contributed by atoms with Crippen molar-refractivity contribution in [3.63, 3.8) is 0 Å². The first-order chi connectivity index (χ1) is 12.3. The van der Waals surface area contributed by atoms with Gasteiger partial charge in [0.15, 0.2) is 6.61 Å². The lowest BCUT2D eigenvalue weighted by molar-refractivity contribution is -0.119. The van der Waals surface area contributed by atoms with Gasteiger partial charge in [0.2, 0.25) is 5.91 Å². The lowest BCUT2D eigenvalue weighted by Crippen LogP contribution is -2.21. The van der Waals surface area contributed by atoms with E-state index in [9.17, 15) is 9.59 Å². The van der Waals surface area contributed by atoms with E-state index in [1.165, 1.54) is 12.1 Å². The zero-order valence-electron chi connectivity index (χ0n) is 14.1. The lowest BCUT2D eigenvalue weighted by atomic mass is 10.2. The van der Waals surface area contributed by atoms with Crippen molar-refractivity contribution < 1.29 is 14.3 Å². The molecule has 0 aliphatic carbocycles. The fourth-order valence-corrected chi connectivity index (χ4v) is 2.51. The second kappa shape index (κ2) is 9.12. The van der Waals surface area contributed by atoms with E-state index in [0.29, 0.717) is 16.4 Å². The van der Waals surface area contributed by atoms with Gasteiger partial charge in [0, 0.05) is 23.4 Å². The molecule has 0 aliphatic rings. The van der Waals surface area contributed by atoms with Crippen LogP contribution in [0.3, 0.4) is 0 Å². The predicted octanol–water partition coefficient (Wildman–Crippen LogP) is 5.26. The number of amides is 2. The standard InChI is InChI=1S/C18H17Cl3N2O3/c1-10(2)18(25)23-12-5-3-4-11(6-12)22-17(24)9-26-16-8-14(20)13(19)7-15(16)21/h3-8,10H,9H2,1-2H3,(H,22,24)(H,23,25). The molecule has 0 heterocycles. The summed E-state index contributed by atoms with van der Waals surface area (Å²) in [6.45, 7) is 3.33. The Hall–Kier alpha value is -1.95. The van der Waals surface area contributed by atoms with Crippen molar-refractivity contribution in [3.8, 4) is 5.75 Å². The number of hydrogen-bond acceptors (Lipinski definition) is 3. The van der Waals surface area contributed by atoms with Crippen LogP contribution < -0.4 is 15.4 Å². The average Bonchev–Trinajstić information content (AvgIpc) is 2.57. The van der Waals surface area contributed by atoms with Crippen LogP contribution in [0.25, 0.3) is 0 Å². The van der Waals surface area contributed by atoms with Gasteiger partial charge in [0.05, 0.1) is 15.1 Å². The van der Waals surface area contributed by atoms with Crippen molar-refractivity contribution in [2.45, 2.75) is 13.8 Å². The summed E-state index contributed by atoms with van der Waals surface area (Å²) in [7, 11) is 0. The third-order valence-electron chi connectivity index (χ3n) is 3.27. The first-order valence-corrected chi connectivity index (χ1v) is 8.87. The summed E-state index contributed by atoms with van der Waals surface area (Å²) in [6.07, 6.45) is 0. The first kappa shape index (κ1) is 20.4. The molecule has 0 spiro atoms. The second-order valence-corrected chi connectivity index (χ2v) is 6.98. The summed E-state index contributed by atoms with van der Waals surface area (Å²) in [4.78, 5) is 23.8. The van der Waals surface area contributed by atoms with E-state index in [-0.39, 0.29) is 40.1 Å². The molecule has 2 N–H and O–H groups in total. The molecular formula is C18H17Cl3N2O3. The highest BCUT2D eigenvalue weighted by molar-refractivity contribution is 6.43. The average molecular weight is 416 g/mol. The number of nitrogens with one attached hydrogen (secondary N) is 2. The SMILES string of the molecule is CC(C)C(=O)Nc1cccc(NC(=O)COc2cc(Cl)c(Cl)cc2Cl)c1. The summed E-state index contributed by atoms with van der Waals surface area (Å²) in [5.74, 6) is -0.377. The highest BCUT2D eigenvalue weighted by Crippen LogP contribution is 2.33. The molecular weight excluding hydrogens is 399 g/mol. The molecule has 8 heteroatoms. The Labute approximate surface area is 166 Å². The van der Waals surface area contributed by atoms with Crippen LogP contribution in [-0.4, -0.2) is 18.4 Å². The Morgan fingerprint density at radius 2 is 1.58 bits per heavy atom. The topological polar surface area (TPSA) is 67.4 Å². The van der Waals surface area contributed by atoms with Gasteiger partial charge in [-0.2, -0.15) is 0 Å². The fourth-order valence-electron chi connectivity index (χ4n) is 1.92. The summed E-state index contributed by atoms with van der Waals surface area (Å²) < 4.78 is 5.38. The number of rotatable bonds is 6. The van der Waals surface area contributed by atoms with E-state index < -0.39 is 0 Å². The molecule has 0 aliphatic heterocycles. The molecule has 2 rings (SSSR count). The van der Waals surface area contributed by atoms with Gasteiger partial charge >= 0.3 is 0 Å². The molecule has 0 bridgehead atoms. The molecule has 2 aromatic carbocycles. The Morgan fingerprint density at radius 1 is 0.962 bits per heavy atom. The highest BCUT2D eigenvalue weighted by atomic mass is 35.5. The van der Waals surface area contributed by atoms with Gasteiger partial charge < -0.3 is 15.4 Å². The quantitative estimate of drug-likeness (QED) is 0.632. The molecule has 0 radical (unpaired) electrons. The van der Waals surface area contributed by atoms with Crippen molar-refractivity contribution in [2.75, 3.05) is 17.2 Å². The number of benzene rings is 2. The van der Waals surface area contributed by atoms with Gasteiger partial charge in [-0.05, 0) is 24.3 Å². The minimum absolute atomic E-state index is 0.105. The zero-order valence-corrected chi connectivity index (χ0v) is 16.4. The summed E-state index contributed by atoms with van der Waals surface area (Å²) in [5.41, 5.74) is 1.12. The van der Waals surface area contributed by atoms with Crippen LogP contribution in [0.15, 0.2) is 36.4 Å². The van der Waals surface area contributed by atoms with Crippen LogP contribution >= 0.6 is 34.8 Å². The maximum atomic E-state index is 12.1. The van der Waals surface area contributed by atoms with Gasteiger partial charge in [-0.25, -0.2) is 0 Å². The Morgan fingerprint density at radius 3 is 2.23 bits per heavy atom. The van der Waals surface area contributed by atoms with Crippen molar-refractivity contribution in [2.24, 2.45) is 5.92 Å². The van der Waals surface area contributed by atoms with Crippen molar-refractivity contribution in [3.05, 3.63) is 51.5 Å². The van der Waals surface area contributed by atoms with E-state index in [1.807, 2.05) is 0 Å². The highest BCUT2D eigenvalue weighted by Gasteiger charge is 2.11. The minimum atomic E-state index is -0.389. The summed E-state index contributed by atoms with van der Waals surface area (Å²) in [5, 5.41) is 6.28. The van der Waals surface area contributed by atoms with E-state index in [1.54, 1.807) is 38.1 Å². The van der Waals surface area contributed by atoms with Crippen LogP contribution in [-0.2, 0) is 9.59 Å². The first-order valence-electron chi connectivity index (χ1n) is 7.74. The molecule has 2 amide bonds. The predicted molar refractivity (Wildman–Crippen MR) is 106 cm³/mol. The maximum Gasteiger partial charge on any atom is 0.262 e. The van der Waals surface area contributed by atoms with Crippen LogP contribution in [0.1, 0.15) is 13.8 Å². The van der Waals surface area contributed by atoms with Crippen molar-refractivity contribution >= 4 is 58.0 Å². The van der Waals surface area contributed by atoms with E-state index in [2.05, 4.69) is 10.6 Å². The molecule has 2 aromatic rings. The van der Waals surface area contributed by atoms with E-state index in [4.69, 9.17) is 39.5 Å². The smallest absolute Gasteiger partial charge is 0.262 e. The third-order valence-corrected chi connectivity index (χ3v) is 4.29. The zero-order chi connectivity index (χ0) is 19.3. The molecule has 0 atom stereocenters. The number of halogens is 3. The Kier molecular flexibility index (Phi) is 7.14. The van der Waals surface area contributed by atoms with Crippen LogP contribution in [0.2, 0.25) is 15.1 Å². The second-order valence-electron chi connectivity index (χ2n) is 5.76. The van der Waals surface area contributed by atoms with Crippen LogP contribution in [0.5, 0.6) is 5.75 Å².